The summed E-state index contributed by atoms with van der Waals surface area (Å²) in [5.74, 6) is -1.89. The van der Waals surface area contributed by atoms with Crippen molar-refractivity contribution in [3.8, 4) is 0 Å². The monoisotopic (exact) mass is 446 g/mol. The van der Waals surface area contributed by atoms with Crippen LogP contribution in [0.25, 0.3) is 11.2 Å². The molecule has 2 aromatic rings. The van der Waals surface area contributed by atoms with E-state index in [4.69, 9.17) is 37.4 Å². The normalized spacial score (nSPS) is 23.8. The number of ether oxygens (including phenoxy) is 4. The fraction of sp³-hybridized carbons (Fsp3) is 0.500. The summed E-state index contributed by atoms with van der Waals surface area (Å²) in [7, 11) is 1.21. The lowest BCUT2D eigenvalue weighted by Gasteiger charge is -2.23. The number of carbonyl (C=O) groups excluding carboxylic acids is 3. The lowest BCUT2D eigenvalue weighted by atomic mass is 10.1. The second-order valence-corrected chi connectivity index (χ2v) is 6.80. The quantitative estimate of drug-likeness (QED) is 0.287. The Bertz CT molecular complexity index is 966. The Morgan fingerprint density at radius 1 is 1.14 bits per heavy atom. The topological polar surface area (TPSA) is 132 Å². The maximum Gasteiger partial charge on any atom is 0.308 e. The van der Waals surface area contributed by atoms with Crippen molar-refractivity contribution in [1.82, 2.24) is 19.5 Å². The molecule has 0 unspecified atom stereocenters. The second kappa shape index (κ2) is 8.47. The molecule has 0 amide bonds. The van der Waals surface area contributed by atoms with Crippen molar-refractivity contribution in [2.24, 2.45) is 0 Å². The maximum atomic E-state index is 11.8. The maximum absolute atomic E-state index is 11.8. The first kappa shape index (κ1) is 21.2. The Balaban J connectivity index is 2.06. The molecule has 11 nitrogen and oxygen atoms in total. The Kier molecular flexibility index (Phi) is 6.20. The highest BCUT2D eigenvalue weighted by molar-refractivity contribution is 6.35. The highest BCUT2D eigenvalue weighted by Gasteiger charge is 2.51. The second-order valence-electron chi connectivity index (χ2n) is 6.10. The number of imidazole rings is 1. The van der Waals surface area contributed by atoms with Crippen LogP contribution in [-0.2, 0) is 33.3 Å². The number of nitrogens with zero attached hydrogens (tertiary/aromatic N) is 4. The number of halogens is 2. The van der Waals surface area contributed by atoms with Gasteiger partial charge in [0.1, 0.15) is 11.6 Å². The molecular weight excluding hydrogens is 431 g/mol. The number of aromatic nitrogens is 4. The number of hydrogen-bond donors (Lipinski definition) is 0. The van der Waals surface area contributed by atoms with Crippen molar-refractivity contribution >= 4 is 52.3 Å². The summed E-state index contributed by atoms with van der Waals surface area (Å²) < 4.78 is 22.7. The average molecular weight is 447 g/mol. The van der Waals surface area contributed by atoms with Crippen LogP contribution < -0.4 is 0 Å². The van der Waals surface area contributed by atoms with E-state index in [0.717, 1.165) is 0 Å². The van der Waals surface area contributed by atoms with Gasteiger partial charge >= 0.3 is 17.9 Å². The SMILES string of the molecule is COC(=O)C[C@H]1O[C@@H](n2cnc3c(Cl)nc(Cl)nc32)[C@H](OC(C)=O)[C@@H]1OC(C)=O. The minimum absolute atomic E-state index is 0.0171. The van der Waals surface area contributed by atoms with Crippen LogP contribution in [0.15, 0.2) is 6.33 Å². The highest BCUT2D eigenvalue weighted by atomic mass is 35.5. The van der Waals surface area contributed by atoms with Gasteiger partial charge in [0.25, 0.3) is 0 Å². The molecule has 0 aromatic carbocycles. The molecule has 3 rings (SSSR count). The minimum Gasteiger partial charge on any atom is -0.469 e. The molecule has 3 heterocycles. The van der Waals surface area contributed by atoms with Gasteiger partial charge in [-0.2, -0.15) is 4.98 Å². The number of rotatable bonds is 5. The standard InChI is InChI=1S/C16H16Cl2N4O7/c1-6(23)27-11-8(4-9(25)26-3)29-15(12(11)28-7(2)24)22-5-19-10-13(17)20-16(18)21-14(10)22/h5,8,11-12,15H,4H2,1-3H3/t8-,11-,12-,15-/m1/s1. The van der Waals surface area contributed by atoms with Crippen LogP contribution in [-0.4, -0.2) is 62.8 Å². The summed E-state index contributed by atoms with van der Waals surface area (Å²) in [5, 5.41) is -0.114. The van der Waals surface area contributed by atoms with Gasteiger partial charge in [-0.1, -0.05) is 11.6 Å². The lowest BCUT2D eigenvalue weighted by Crippen LogP contribution is -2.39. The van der Waals surface area contributed by atoms with Crippen molar-refractivity contribution in [3.05, 3.63) is 16.8 Å². The van der Waals surface area contributed by atoms with E-state index >= 15 is 0 Å². The van der Waals surface area contributed by atoms with E-state index in [9.17, 15) is 14.4 Å². The molecule has 0 N–H and O–H groups in total. The molecule has 0 aliphatic carbocycles. The summed E-state index contributed by atoms with van der Waals surface area (Å²) in [6.07, 6.45) is -3.07. The molecule has 0 bridgehead atoms. The number of hydrogen-bond acceptors (Lipinski definition) is 10. The zero-order chi connectivity index (χ0) is 21.3. The van der Waals surface area contributed by atoms with Crippen molar-refractivity contribution < 1.29 is 33.3 Å². The molecule has 4 atom stereocenters. The fourth-order valence-corrected chi connectivity index (χ4v) is 3.46. The van der Waals surface area contributed by atoms with Crippen LogP contribution in [0, 0.1) is 0 Å². The van der Waals surface area contributed by atoms with E-state index in [1.54, 1.807) is 0 Å². The van der Waals surface area contributed by atoms with Gasteiger partial charge in [-0.15, -0.1) is 0 Å². The summed E-state index contributed by atoms with van der Waals surface area (Å²) in [4.78, 5) is 47.2. The molecular formula is C16H16Cl2N4O7. The van der Waals surface area contributed by atoms with E-state index in [0.29, 0.717) is 0 Å². The molecule has 156 valence electrons. The van der Waals surface area contributed by atoms with Crippen molar-refractivity contribution in [2.45, 2.75) is 44.8 Å². The van der Waals surface area contributed by atoms with Crippen LogP contribution >= 0.6 is 23.2 Å². The smallest absolute Gasteiger partial charge is 0.308 e. The number of methoxy groups -OCH3 is 1. The van der Waals surface area contributed by atoms with E-state index in [1.807, 2.05) is 0 Å². The molecule has 0 radical (unpaired) electrons. The van der Waals surface area contributed by atoms with E-state index in [1.165, 1.54) is 31.9 Å². The van der Waals surface area contributed by atoms with Gasteiger partial charge in [-0.05, 0) is 11.6 Å². The van der Waals surface area contributed by atoms with Crippen molar-refractivity contribution in [3.63, 3.8) is 0 Å². The van der Waals surface area contributed by atoms with Gasteiger partial charge in [-0.3, -0.25) is 19.0 Å². The number of esters is 3. The third-order valence-electron chi connectivity index (χ3n) is 4.11. The molecule has 1 aliphatic heterocycles. The Morgan fingerprint density at radius 2 is 1.79 bits per heavy atom. The highest BCUT2D eigenvalue weighted by Crippen LogP contribution is 2.37. The summed E-state index contributed by atoms with van der Waals surface area (Å²) >= 11 is 11.9. The summed E-state index contributed by atoms with van der Waals surface area (Å²) in [6.45, 7) is 2.38. The number of fused-ring (bicyclic) bond motifs is 1. The largest absolute Gasteiger partial charge is 0.469 e. The Labute approximate surface area is 174 Å². The van der Waals surface area contributed by atoms with Crippen LogP contribution in [0.3, 0.4) is 0 Å². The van der Waals surface area contributed by atoms with E-state index in [-0.39, 0.29) is 28.0 Å². The first-order valence-electron chi connectivity index (χ1n) is 8.33. The zero-order valence-corrected chi connectivity index (χ0v) is 17.0. The van der Waals surface area contributed by atoms with Crippen LogP contribution in [0.2, 0.25) is 10.4 Å². The van der Waals surface area contributed by atoms with E-state index in [2.05, 4.69) is 19.7 Å². The lowest BCUT2D eigenvalue weighted by molar-refractivity contribution is -0.165. The minimum atomic E-state index is -1.10. The molecule has 29 heavy (non-hydrogen) atoms. The van der Waals surface area contributed by atoms with Gasteiger partial charge in [0.2, 0.25) is 5.28 Å². The van der Waals surface area contributed by atoms with E-state index < -0.39 is 42.4 Å². The van der Waals surface area contributed by atoms with Crippen LogP contribution in [0.5, 0.6) is 0 Å². The number of carbonyl (C=O) groups is 3. The molecule has 1 fully saturated rings. The Hall–Kier alpha value is -2.50. The molecule has 13 heteroatoms. The van der Waals surface area contributed by atoms with Gasteiger partial charge in [0, 0.05) is 13.8 Å². The van der Waals surface area contributed by atoms with Gasteiger partial charge in [0.15, 0.2) is 29.2 Å². The van der Waals surface area contributed by atoms with Crippen LogP contribution in [0.4, 0.5) is 0 Å². The fourth-order valence-electron chi connectivity index (χ4n) is 3.04. The molecule has 0 spiro atoms. The molecule has 0 saturated carbocycles. The third-order valence-corrected chi connectivity index (χ3v) is 4.54. The molecule has 2 aromatic heterocycles. The predicted molar refractivity (Wildman–Crippen MR) is 97.0 cm³/mol. The first-order chi connectivity index (χ1) is 13.7. The summed E-state index contributed by atoms with van der Waals surface area (Å²) in [5.41, 5.74) is 0.444. The van der Waals surface area contributed by atoms with Gasteiger partial charge < -0.3 is 18.9 Å². The molecule has 1 saturated heterocycles. The average Bonchev–Trinajstić information content (AvgIpc) is 3.17. The Morgan fingerprint density at radius 3 is 2.41 bits per heavy atom. The van der Waals surface area contributed by atoms with Gasteiger partial charge in [-0.25, -0.2) is 9.97 Å². The predicted octanol–water partition coefficient (Wildman–Crippen LogP) is 1.46. The third kappa shape index (κ3) is 4.41. The summed E-state index contributed by atoms with van der Waals surface area (Å²) in [6, 6.07) is 0. The molecule has 1 aliphatic rings. The zero-order valence-electron chi connectivity index (χ0n) is 15.5. The van der Waals surface area contributed by atoms with Crippen LogP contribution in [0.1, 0.15) is 26.5 Å². The van der Waals surface area contributed by atoms with Crippen molar-refractivity contribution in [2.75, 3.05) is 7.11 Å². The van der Waals surface area contributed by atoms with Crippen molar-refractivity contribution in [1.29, 1.82) is 0 Å². The first-order valence-corrected chi connectivity index (χ1v) is 9.09. The van der Waals surface area contributed by atoms with Gasteiger partial charge in [0.05, 0.1) is 19.9 Å².